The van der Waals surface area contributed by atoms with Gasteiger partial charge in [0.1, 0.15) is 7.14 Å². The molecule has 0 aromatic rings. The van der Waals surface area contributed by atoms with Crippen molar-refractivity contribution in [1.82, 2.24) is 0 Å². The van der Waals surface area contributed by atoms with E-state index >= 15 is 0 Å². The third kappa shape index (κ3) is 1.49. The predicted molar refractivity (Wildman–Crippen MR) is 57.2 cm³/mol. The second kappa shape index (κ2) is 3.16. The van der Waals surface area contributed by atoms with Crippen molar-refractivity contribution in [3.63, 3.8) is 0 Å². The van der Waals surface area contributed by atoms with Crippen LogP contribution in [0.1, 0.15) is 12.8 Å². The molecule has 2 rings (SSSR count). The molecule has 0 fully saturated rings. The molecule has 2 heteroatoms. The minimum Gasteiger partial charge on any atom is -0.314 e. The highest BCUT2D eigenvalue weighted by Crippen LogP contribution is 2.60. The van der Waals surface area contributed by atoms with Crippen LogP contribution in [0, 0.1) is 0 Å². The summed E-state index contributed by atoms with van der Waals surface area (Å²) in [5, 5.41) is 2.04. The zero-order chi connectivity index (χ0) is 9.31. The quantitative estimate of drug-likeness (QED) is 0.610. The number of allylic oxidation sites excluding steroid dienone is 8. The molecule has 0 amide bonds. The van der Waals surface area contributed by atoms with E-state index in [0.29, 0.717) is 0 Å². The third-order valence-electron chi connectivity index (χ3n) is 2.49. The molecule has 0 N–H and O–H groups in total. The summed E-state index contributed by atoms with van der Waals surface area (Å²) in [6, 6.07) is 0. The standard InChI is InChI=1S/C11H13OP/c1-13(12,10-6-2-3-7-10)11-8-4-5-9-11/h2,4,6-9H,3,5H2,1H3. The van der Waals surface area contributed by atoms with Gasteiger partial charge in [-0.05, 0) is 19.5 Å². The van der Waals surface area contributed by atoms with Gasteiger partial charge in [-0.2, -0.15) is 0 Å². The summed E-state index contributed by atoms with van der Waals surface area (Å²) in [5.41, 5.74) is 0. The lowest BCUT2D eigenvalue weighted by Crippen LogP contribution is -1.82. The van der Waals surface area contributed by atoms with E-state index in [1.165, 1.54) is 0 Å². The largest absolute Gasteiger partial charge is 0.314 e. The van der Waals surface area contributed by atoms with Crippen molar-refractivity contribution in [1.29, 1.82) is 0 Å². The molecule has 0 heterocycles. The Morgan fingerprint density at radius 3 is 1.85 bits per heavy atom. The Balaban J connectivity index is 2.35. The third-order valence-corrected chi connectivity index (χ3v) is 5.12. The first-order valence-electron chi connectivity index (χ1n) is 4.53. The average molecular weight is 192 g/mol. The molecule has 0 aromatic heterocycles. The Morgan fingerprint density at radius 1 is 1.08 bits per heavy atom. The fourth-order valence-electron chi connectivity index (χ4n) is 1.67. The lowest BCUT2D eigenvalue weighted by atomic mass is 10.5. The van der Waals surface area contributed by atoms with Gasteiger partial charge in [0.25, 0.3) is 0 Å². The van der Waals surface area contributed by atoms with E-state index in [0.717, 1.165) is 23.5 Å². The molecule has 1 nitrogen and oxygen atoms in total. The molecule has 0 unspecified atom stereocenters. The number of rotatable bonds is 2. The van der Waals surface area contributed by atoms with Crippen molar-refractivity contribution < 1.29 is 4.57 Å². The van der Waals surface area contributed by atoms with Gasteiger partial charge >= 0.3 is 0 Å². The zero-order valence-electron chi connectivity index (χ0n) is 7.73. The number of hydrogen-bond acceptors (Lipinski definition) is 1. The van der Waals surface area contributed by atoms with Crippen LogP contribution in [0.2, 0.25) is 0 Å². The highest BCUT2D eigenvalue weighted by molar-refractivity contribution is 7.72. The number of hydrogen-bond donors (Lipinski definition) is 0. The fraction of sp³-hybridized carbons (Fsp3) is 0.273. The smallest absolute Gasteiger partial charge is 0.139 e. The molecule has 2 aliphatic rings. The van der Waals surface area contributed by atoms with Crippen LogP contribution in [0.3, 0.4) is 0 Å². The molecule has 13 heavy (non-hydrogen) atoms. The molecular weight excluding hydrogens is 179 g/mol. The Kier molecular flexibility index (Phi) is 2.13. The van der Waals surface area contributed by atoms with Crippen LogP contribution in [0.15, 0.2) is 47.1 Å². The Bertz CT molecular complexity index is 349. The molecule has 2 aliphatic carbocycles. The molecule has 0 atom stereocenters. The summed E-state index contributed by atoms with van der Waals surface area (Å²) in [6.07, 6.45) is 14.1. The molecule has 0 saturated carbocycles. The normalized spacial score (nSPS) is 20.7. The molecular formula is C11H13OP. The summed E-state index contributed by atoms with van der Waals surface area (Å²) in [4.78, 5) is 0. The van der Waals surface area contributed by atoms with E-state index in [1.54, 1.807) is 0 Å². The van der Waals surface area contributed by atoms with Gasteiger partial charge in [-0.15, -0.1) is 0 Å². The topological polar surface area (TPSA) is 17.1 Å². The van der Waals surface area contributed by atoms with E-state index in [2.05, 4.69) is 24.3 Å². The van der Waals surface area contributed by atoms with E-state index < -0.39 is 7.14 Å². The monoisotopic (exact) mass is 192 g/mol. The van der Waals surface area contributed by atoms with E-state index in [9.17, 15) is 4.57 Å². The van der Waals surface area contributed by atoms with Gasteiger partial charge in [0.05, 0.1) is 0 Å². The van der Waals surface area contributed by atoms with Gasteiger partial charge in [0.2, 0.25) is 0 Å². The second-order valence-electron chi connectivity index (χ2n) is 3.46. The average Bonchev–Trinajstić information content (AvgIpc) is 2.78. The SMILES string of the molecule is CP(=O)(C1=CCC=C1)C1=CCC=C1. The summed E-state index contributed by atoms with van der Waals surface area (Å²) in [5.74, 6) is 0. The predicted octanol–water partition coefficient (Wildman–Crippen LogP) is 3.67. The van der Waals surface area contributed by atoms with Crippen LogP contribution in [-0.2, 0) is 4.57 Å². The fourth-order valence-corrected chi connectivity index (χ4v) is 3.66. The van der Waals surface area contributed by atoms with Crippen LogP contribution in [0.25, 0.3) is 0 Å². The lowest BCUT2D eigenvalue weighted by molar-refractivity contribution is 0.587. The molecule has 0 aromatic carbocycles. The van der Waals surface area contributed by atoms with Crippen molar-refractivity contribution in [2.24, 2.45) is 0 Å². The molecule has 0 bridgehead atoms. The molecule has 0 saturated heterocycles. The van der Waals surface area contributed by atoms with Gasteiger partial charge < -0.3 is 4.57 Å². The maximum atomic E-state index is 12.4. The van der Waals surface area contributed by atoms with Crippen LogP contribution >= 0.6 is 7.14 Å². The first-order chi connectivity index (χ1) is 6.21. The van der Waals surface area contributed by atoms with Gasteiger partial charge in [0, 0.05) is 10.6 Å². The molecule has 0 spiro atoms. The Morgan fingerprint density at radius 2 is 1.54 bits per heavy atom. The summed E-state index contributed by atoms with van der Waals surface area (Å²) >= 11 is 0. The first kappa shape index (κ1) is 8.77. The highest BCUT2D eigenvalue weighted by Gasteiger charge is 2.24. The minimum atomic E-state index is -2.24. The van der Waals surface area contributed by atoms with Crippen LogP contribution < -0.4 is 0 Å². The van der Waals surface area contributed by atoms with Gasteiger partial charge in [0.15, 0.2) is 0 Å². The Labute approximate surface area is 78.9 Å². The van der Waals surface area contributed by atoms with E-state index in [1.807, 2.05) is 18.8 Å². The van der Waals surface area contributed by atoms with Gasteiger partial charge in [-0.1, -0.05) is 36.5 Å². The van der Waals surface area contributed by atoms with Crippen molar-refractivity contribution in [3.05, 3.63) is 47.1 Å². The summed E-state index contributed by atoms with van der Waals surface area (Å²) in [6.45, 7) is 1.86. The van der Waals surface area contributed by atoms with Crippen LogP contribution in [0.4, 0.5) is 0 Å². The van der Waals surface area contributed by atoms with Crippen molar-refractivity contribution in [3.8, 4) is 0 Å². The minimum absolute atomic E-state index is 0.935. The van der Waals surface area contributed by atoms with Crippen molar-refractivity contribution in [2.75, 3.05) is 6.66 Å². The van der Waals surface area contributed by atoms with Crippen molar-refractivity contribution in [2.45, 2.75) is 12.8 Å². The lowest BCUT2D eigenvalue weighted by Gasteiger charge is -2.12. The Hall–Kier alpha value is -0.810. The van der Waals surface area contributed by atoms with Gasteiger partial charge in [-0.3, -0.25) is 0 Å². The molecule has 0 radical (unpaired) electrons. The van der Waals surface area contributed by atoms with Crippen LogP contribution in [0.5, 0.6) is 0 Å². The second-order valence-corrected chi connectivity index (χ2v) is 6.34. The summed E-state index contributed by atoms with van der Waals surface area (Å²) < 4.78 is 12.4. The van der Waals surface area contributed by atoms with Crippen LogP contribution in [-0.4, -0.2) is 6.66 Å². The zero-order valence-corrected chi connectivity index (χ0v) is 8.63. The molecule has 68 valence electrons. The maximum absolute atomic E-state index is 12.4. The van der Waals surface area contributed by atoms with E-state index in [-0.39, 0.29) is 0 Å². The van der Waals surface area contributed by atoms with Gasteiger partial charge in [-0.25, -0.2) is 0 Å². The first-order valence-corrected chi connectivity index (χ1v) is 6.69. The van der Waals surface area contributed by atoms with E-state index in [4.69, 9.17) is 0 Å². The molecule has 0 aliphatic heterocycles. The summed E-state index contributed by atoms with van der Waals surface area (Å²) in [7, 11) is -2.24. The van der Waals surface area contributed by atoms with Crippen molar-refractivity contribution >= 4 is 7.14 Å². The maximum Gasteiger partial charge on any atom is 0.139 e. The highest BCUT2D eigenvalue weighted by atomic mass is 31.2.